The van der Waals surface area contributed by atoms with Crippen molar-refractivity contribution in [1.29, 1.82) is 0 Å². The molecular weight excluding hydrogens is 731 g/mol. The fourth-order valence-corrected chi connectivity index (χ4v) is 7.85. The molecule has 4 rings (SSSR count). The van der Waals surface area contributed by atoms with Gasteiger partial charge in [0.1, 0.15) is 12.4 Å². The molecule has 56 heavy (non-hydrogen) atoms. The summed E-state index contributed by atoms with van der Waals surface area (Å²) in [4.78, 5) is 25.7. The van der Waals surface area contributed by atoms with Crippen LogP contribution in [0.3, 0.4) is 0 Å². The topological polar surface area (TPSA) is 161 Å². The summed E-state index contributed by atoms with van der Waals surface area (Å²) in [5.74, 6) is 2.05. The van der Waals surface area contributed by atoms with Gasteiger partial charge >= 0.3 is 6.03 Å². The van der Waals surface area contributed by atoms with Gasteiger partial charge in [0.25, 0.3) is 0 Å². The molecule has 0 aromatic heterocycles. The quantitative estimate of drug-likeness (QED) is 0.0527. The van der Waals surface area contributed by atoms with Gasteiger partial charge in [-0.3, -0.25) is 4.79 Å². The zero-order valence-electron chi connectivity index (χ0n) is 33.0. The summed E-state index contributed by atoms with van der Waals surface area (Å²) in [5, 5.41) is 8.62. The Bertz CT molecular complexity index is 1920. The van der Waals surface area contributed by atoms with Crippen LogP contribution in [-0.2, 0) is 34.1 Å². The third-order valence-electron chi connectivity index (χ3n) is 9.08. The number of nitrogens with two attached hydrogens (primary N) is 1. The second kappa shape index (κ2) is 22.3. The first-order valence-electron chi connectivity index (χ1n) is 19.1. The van der Waals surface area contributed by atoms with Crippen LogP contribution in [0, 0.1) is 5.92 Å². The highest BCUT2D eigenvalue weighted by molar-refractivity contribution is 7.89. The van der Waals surface area contributed by atoms with Gasteiger partial charge in [0, 0.05) is 37.8 Å². The molecule has 0 aliphatic carbocycles. The van der Waals surface area contributed by atoms with E-state index < -0.39 is 16.1 Å². The summed E-state index contributed by atoms with van der Waals surface area (Å²) in [6.07, 6.45) is 3.73. The van der Waals surface area contributed by atoms with E-state index in [9.17, 15) is 18.0 Å². The molecule has 12 nitrogen and oxygen atoms in total. The lowest BCUT2D eigenvalue weighted by Crippen LogP contribution is -2.46. The number of urea groups is 1. The molecule has 0 radical (unpaired) electrons. The third-order valence-corrected chi connectivity index (χ3v) is 11.0. The second-order valence-electron chi connectivity index (χ2n) is 14.0. The number of nitrogen functional groups attached to an aromatic ring is 1. The molecule has 3 amide bonds. The molecule has 0 aliphatic rings. The predicted octanol–water partition coefficient (Wildman–Crippen LogP) is 5.99. The first kappa shape index (κ1) is 43.5. The van der Waals surface area contributed by atoms with Crippen LogP contribution < -0.4 is 35.9 Å². The highest BCUT2D eigenvalue weighted by atomic mass is 32.2. The number of methoxy groups -OCH3 is 2. The molecule has 4 aromatic carbocycles. The van der Waals surface area contributed by atoms with Crippen LogP contribution in [-0.4, -0.2) is 77.7 Å². The van der Waals surface area contributed by atoms with Crippen LogP contribution in [0.2, 0.25) is 0 Å². The van der Waals surface area contributed by atoms with Crippen molar-refractivity contribution in [2.75, 3.05) is 52.7 Å². The molecule has 0 unspecified atom stereocenters. The summed E-state index contributed by atoms with van der Waals surface area (Å²) in [7, 11) is -0.526. The van der Waals surface area contributed by atoms with Crippen molar-refractivity contribution >= 4 is 27.6 Å². The number of nitrogens with one attached hydrogen (secondary N) is 3. The molecule has 0 spiro atoms. The van der Waals surface area contributed by atoms with Crippen LogP contribution in [0.1, 0.15) is 49.8 Å². The molecule has 5 N–H and O–H groups in total. The van der Waals surface area contributed by atoms with E-state index in [1.807, 2.05) is 74.5 Å². The smallest absolute Gasteiger partial charge is 0.315 e. The number of anilines is 1. The Morgan fingerprint density at radius 2 is 1.48 bits per heavy atom. The van der Waals surface area contributed by atoms with Crippen molar-refractivity contribution < 1.29 is 32.2 Å². The lowest BCUT2D eigenvalue weighted by molar-refractivity contribution is -0.121. The third kappa shape index (κ3) is 14.4. The Labute approximate surface area is 332 Å². The molecule has 0 bridgehead atoms. The first-order chi connectivity index (χ1) is 27.0. The maximum Gasteiger partial charge on any atom is 0.315 e. The monoisotopic (exact) mass is 787 g/mol. The maximum absolute atomic E-state index is 13.6. The SMILES string of the molecule is COc1ccc(CCCc2cccc(OCCNC(=O)CCNC(=O)N[C@H](CCN(CC(C)C)S(=O)(=O)c3ccc(N)cc3)Cc3ccccc3)c2)cc1OC. The highest BCUT2D eigenvalue weighted by Gasteiger charge is 2.26. The maximum atomic E-state index is 13.6. The van der Waals surface area contributed by atoms with E-state index in [2.05, 4.69) is 28.1 Å². The number of sulfonamides is 1. The van der Waals surface area contributed by atoms with Crippen molar-refractivity contribution in [2.45, 2.75) is 63.3 Å². The van der Waals surface area contributed by atoms with Crippen molar-refractivity contribution in [3.8, 4) is 17.2 Å². The average Bonchev–Trinajstić information content (AvgIpc) is 3.18. The van der Waals surface area contributed by atoms with Gasteiger partial charge in [0.15, 0.2) is 11.5 Å². The summed E-state index contributed by atoms with van der Waals surface area (Å²) in [6.45, 7) is 5.22. The molecular formula is C43H57N5O7S. The molecule has 302 valence electrons. The lowest BCUT2D eigenvalue weighted by Gasteiger charge is -2.27. The van der Waals surface area contributed by atoms with Gasteiger partial charge < -0.3 is 35.9 Å². The molecule has 1 atom stereocenters. The Hall–Kier alpha value is -5.27. The molecule has 0 fully saturated rings. The zero-order chi connectivity index (χ0) is 40.3. The molecule has 13 heteroatoms. The van der Waals surface area contributed by atoms with Crippen molar-refractivity contribution in [1.82, 2.24) is 20.3 Å². The normalized spacial score (nSPS) is 11.9. The predicted molar refractivity (Wildman–Crippen MR) is 221 cm³/mol. The molecule has 0 saturated carbocycles. The average molecular weight is 788 g/mol. The van der Waals surface area contributed by atoms with E-state index in [-0.39, 0.29) is 42.3 Å². The van der Waals surface area contributed by atoms with Gasteiger partial charge in [-0.1, -0.05) is 62.4 Å². The number of benzene rings is 4. The van der Waals surface area contributed by atoms with E-state index >= 15 is 0 Å². The van der Waals surface area contributed by atoms with Crippen LogP contribution in [0.25, 0.3) is 0 Å². The summed E-state index contributed by atoms with van der Waals surface area (Å²) < 4.78 is 45.3. The Kier molecular flexibility index (Phi) is 17.3. The van der Waals surface area contributed by atoms with Crippen LogP contribution in [0.4, 0.5) is 10.5 Å². The lowest BCUT2D eigenvalue weighted by atomic mass is 10.0. The van der Waals surface area contributed by atoms with Crippen LogP contribution in [0.15, 0.2) is 102 Å². The Morgan fingerprint density at radius 1 is 0.786 bits per heavy atom. The van der Waals surface area contributed by atoms with Crippen molar-refractivity contribution in [3.05, 3.63) is 114 Å². The Morgan fingerprint density at radius 3 is 2.18 bits per heavy atom. The number of aryl methyl sites for hydroxylation is 2. The van der Waals surface area contributed by atoms with Gasteiger partial charge in [-0.25, -0.2) is 13.2 Å². The van der Waals surface area contributed by atoms with Gasteiger partial charge in [-0.15, -0.1) is 0 Å². The van der Waals surface area contributed by atoms with Gasteiger partial charge in [-0.2, -0.15) is 4.31 Å². The van der Waals surface area contributed by atoms with E-state index in [1.165, 1.54) is 27.6 Å². The number of ether oxygens (including phenoxy) is 3. The molecule has 0 heterocycles. The number of carbonyl (C=O) groups is 2. The standard InChI is InChI=1S/C43H57N5O7S/c1-32(2)31-48(56(51,52)39-19-17-36(44)18-20-39)26-23-37(28-33-10-6-5-7-11-33)47-43(50)46-24-22-42(49)45-25-27-55-38-15-9-14-34(29-38)12-8-13-35-16-21-40(53-3)41(30-35)54-4/h5-7,9-11,14-21,29-30,32,37H,8,12-13,22-28,31,44H2,1-4H3,(H,45,49)(H2,46,47,50)/t37-/m1/s1. The minimum Gasteiger partial charge on any atom is -0.493 e. The number of amides is 3. The largest absolute Gasteiger partial charge is 0.493 e. The van der Waals surface area contributed by atoms with E-state index in [0.717, 1.165) is 36.3 Å². The minimum absolute atomic E-state index is 0.0872. The molecule has 0 saturated heterocycles. The fourth-order valence-electron chi connectivity index (χ4n) is 6.23. The van der Waals surface area contributed by atoms with Crippen molar-refractivity contribution in [3.63, 3.8) is 0 Å². The second-order valence-corrected chi connectivity index (χ2v) is 16.0. The summed E-state index contributed by atoms with van der Waals surface area (Å²) in [5.41, 5.74) is 9.63. The van der Waals surface area contributed by atoms with E-state index in [0.29, 0.717) is 44.0 Å². The number of hydrogen-bond acceptors (Lipinski definition) is 8. The number of nitrogens with zero attached hydrogens (tertiary/aromatic N) is 1. The van der Waals surface area contributed by atoms with Gasteiger partial charge in [0.2, 0.25) is 15.9 Å². The van der Waals surface area contributed by atoms with Gasteiger partial charge in [0.05, 0.1) is 25.7 Å². The number of hydrogen-bond donors (Lipinski definition) is 4. The fraction of sp³-hybridized carbons (Fsp3) is 0.395. The number of carbonyl (C=O) groups excluding carboxylic acids is 2. The zero-order valence-corrected chi connectivity index (χ0v) is 33.8. The van der Waals surface area contributed by atoms with E-state index in [1.54, 1.807) is 26.4 Å². The number of rotatable bonds is 23. The minimum atomic E-state index is -3.79. The summed E-state index contributed by atoms with van der Waals surface area (Å²) >= 11 is 0. The van der Waals surface area contributed by atoms with E-state index in [4.69, 9.17) is 19.9 Å². The molecule has 0 aliphatic heterocycles. The Balaban J connectivity index is 1.19. The first-order valence-corrected chi connectivity index (χ1v) is 20.5. The van der Waals surface area contributed by atoms with Crippen LogP contribution >= 0.6 is 0 Å². The highest BCUT2D eigenvalue weighted by Crippen LogP contribution is 2.28. The van der Waals surface area contributed by atoms with Gasteiger partial charge in [-0.05, 0) is 103 Å². The van der Waals surface area contributed by atoms with Crippen LogP contribution in [0.5, 0.6) is 17.2 Å². The van der Waals surface area contributed by atoms with Crippen molar-refractivity contribution in [2.24, 2.45) is 5.92 Å². The summed E-state index contributed by atoms with van der Waals surface area (Å²) in [6, 6.07) is 29.0. The molecule has 4 aromatic rings.